The molecule has 0 radical (unpaired) electrons. The van der Waals surface area contributed by atoms with Crippen molar-refractivity contribution >= 4 is 44.4 Å². The topological polar surface area (TPSA) is 110 Å². The number of sulfone groups is 1. The molecule has 2 aromatic heterocycles. The summed E-state index contributed by atoms with van der Waals surface area (Å²) in [6.45, 7) is 2.73. The molecular weight excluding hydrogens is 448 g/mol. The summed E-state index contributed by atoms with van der Waals surface area (Å²) in [5, 5.41) is 8.84. The van der Waals surface area contributed by atoms with Crippen LogP contribution in [-0.2, 0) is 21.2 Å². The number of amides is 1. The van der Waals surface area contributed by atoms with E-state index in [-0.39, 0.29) is 23.0 Å². The Morgan fingerprint density at radius 1 is 1.16 bits per heavy atom. The maximum atomic E-state index is 12.3. The Hall–Kier alpha value is -2.66. The summed E-state index contributed by atoms with van der Waals surface area (Å²) in [4.78, 5) is 24.0. The molecule has 170 valence electrons. The Bertz CT molecular complexity index is 1190. The van der Waals surface area contributed by atoms with Gasteiger partial charge in [-0.15, -0.1) is 0 Å². The van der Waals surface area contributed by atoms with Crippen molar-refractivity contribution < 1.29 is 13.2 Å². The van der Waals surface area contributed by atoms with Crippen LogP contribution in [0.2, 0.25) is 0 Å². The Kier molecular flexibility index (Phi) is 6.95. The van der Waals surface area contributed by atoms with Crippen LogP contribution in [0.5, 0.6) is 0 Å². The quantitative estimate of drug-likeness (QED) is 0.371. The van der Waals surface area contributed by atoms with Crippen LogP contribution in [0, 0.1) is 0 Å². The largest absolute Gasteiger partial charge is 0.356 e. The highest BCUT2D eigenvalue weighted by Crippen LogP contribution is 2.28. The summed E-state index contributed by atoms with van der Waals surface area (Å²) in [6.07, 6.45) is 5.94. The summed E-state index contributed by atoms with van der Waals surface area (Å²) in [7, 11) is -3.48. The third kappa shape index (κ3) is 5.04. The smallest absolute Gasteiger partial charge is 0.221 e. The molecule has 1 saturated heterocycles. The van der Waals surface area contributed by atoms with E-state index in [4.69, 9.17) is 4.98 Å². The third-order valence-electron chi connectivity index (χ3n) is 5.39. The average Bonchev–Trinajstić information content (AvgIpc) is 3.48. The number of nitrogens with one attached hydrogen (secondary N) is 1. The van der Waals surface area contributed by atoms with Gasteiger partial charge in [0.25, 0.3) is 0 Å². The van der Waals surface area contributed by atoms with Crippen molar-refractivity contribution in [1.29, 1.82) is 0 Å². The minimum absolute atomic E-state index is 0.0883. The number of hydrogen-bond acceptors (Lipinski definition) is 8. The molecule has 1 aliphatic rings. The summed E-state index contributed by atoms with van der Waals surface area (Å²) in [5.41, 5.74) is 0.743. The fourth-order valence-corrected chi connectivity index (χ4v) is 5.33. The summed E-state index contributed by atoms with van der Waals surface area (Å²) >= 11 is 1.49. The fraction of sp³-hybridized carbons (Fsp3) is 0.429. The van der Waals surface area contributed by atoms with Crippen molar-refractivity contribution in [1.82, 2.24) is 25.1 Å². The molecule has 1 N–H and O–H groups in total. The van der Waals surface area contributed by atoms with Gasteiger partial charge < -0.3 is 10.2 Å². The molecule has 3 aromatic rings. The van der Waals surface area contributed by atoms with Crippen LogP contribution in [0.25, 0.3) is 11.0 Å². The highest BCUT2D eigenvalue weighted by molar-refractivity contribution is 7.98. The lowest BCUT2D eigenvalue weighted by Gasteiger charge is -2.17. The third-order valence-corrected chi connectivity index (χ3v) is 7.67. The Balaban J connectivity index is 1.37. The van der Waals surface area contributed by atoms with Gasteiger partial charge in [0.1, 0.15) is 5.82 Å². The van der Waals surface area contributed by atoms with E-state index in [1.165, 1.54) is 23.9 Å². The lowest BCUT2D eigenvalue weighted by molar-refractivity contribution is -0.120. The van der Waals surface area contributed by atoms with Crippen molar-refractivity contribution in [2.75, 3.05) is 36.5 Å². The van der Waals surface area contributed by atoms with Crippen molar-refractivity contribution in [3.8, 4) is 0 Å². The number of fused-ring (bicyclic) bond motifs is 1. The van der Waals surface area contributed by atoms with E-state index in [2.05, 4.69) is 20.3 Å². The number of thioether (sulfide) groups is 1. The van der Waals surface area contributed by atoms with Gasteiger partial charge in [-0.05, 0) is 31.2 Å². The van der Waals surface area contributed by atoms with Crippen molar-refractivity contribution in [3.05, 3.63) is 36.5 Å². The van der Waals surface area contributed by atoms with E-state index in [1.807, 2.05) is 6.26 Å². The number of anilines is 1. The zero-order valence-electron chi connectivity index (χ0n) is 17.9. The van der Waals surface area contributed by atoms with Gasteiger partial charge in [-0.3, -0.25) is 4.79 Å². The number of rotatable bonds is 9. The molecule has 1 aliphatic heterocycles. The van der Waals surface area contributed by atoms with Crippen molar-refractivity contribution in [3.63, 3.8) is 0 Å². The molecule has 4 rings (SSSR count). The molecule has 11 heteroatoms. The maximum absolute atomic E-state index is 12.3. The highest BCUT2D eigenvalue weighted by Gasteiger charge is 2.21. The first-order chi connectivity index (χ1) is 15.5. The second kappa shape index (κ2) is 9.86. The molecule has 0 aliphatic carbocycles. The minimum Gasteiger partial charge on any atom is -0.356 e. The van der Waals surface area contributed by atoms with Gasteiger partial charge in [0.2, 0.25) is 5.91 Å². The lowest BCUT2D eigenvalue weighted by Crippen LogP contribution is -2.29. The molecule has 0 bridgehead atoms. The van der Waals surface area contributed by atoms with E-state index in [0.717, 1.165) is 42.8 Å². The van der Waals surface area contributed by atoms with Crippen LogP contribution in [0.1, 0.15) is 19.3 Å². The van der Waals surface area contributed by atoms with E-state index < -0.39 is 9.84 Å². The number of hydrogen-bond donors (Lipinski definition) is 1. The van der Waals surface area contributed by atoms with E-state index in [0.29, 0.717) is 18.2 Å². The maximum Gasteiger partial charge on any atom is 0.221 e. The summed E-state index contributed by atoms with van der Waals surface area (Å²) in [6, 6.07) is 8.17. The standard InChI is InChI=1S/C21H26N6O3S2/c1-31-21-24-19(26-11-5-6-12-26)17-15-23-27(20(17)25-21)13-10-22-18(28)9-14-32(29,30)16-7-3-2-4-8-16/h2-4,7-8,15H,5-6,9-14H2,1H3,(H,22,28). The number of nitrogens with zero attached hydrogens (tertiary/aromatic N) is 5. The second-order valence-electron chi connectivity index (χ2n) is 7.56. The molecule has 0 unspecified atom stereocenters. The Morgan fingerprint density at radius 3 is 2.62 bits per heavy atom. The van der Waals surface area contributed by atoms with Gasteiger partial charge in [-0.25, -0.2) is 23.1 Å². The molecule has 1 aromatic carbocycles. The lowest BCUT2D eigenvalue weighted by atomic mass is 10.3. The average molecular weight is 475 g/mol. The van der Waals surface area contributed by atoms with Gasteiger partial charge in [0.15, 0.2) is 20.6 Å². The van der Waals surface area contributed by atoms with Crippen LogP contribution < -0.4 is 10.2 Å². The molecular formula is C21H26N6O3S2. The summed E-state index contributed by atoms with van der Waals surface area (Å²) < 4.78 is 26.4. The molecule has 0 atom stereocenters. The van der Waals surface area contributed by atoms with Crippen LogP contribution in [0.3, 0.4) is 0 Å². The fourth-order valence-electron chi connectivity index (χ4n) is 3.71. The van der Waals surface area contributed by atoms with Gasteiger partial charge in [-0.2, -0.15) is 5.10 Å². The zero-order valence-corrected chi connectivity index (χ0v) is 19.5. The number of carbonyl (C=O) groups excluding carboxylic acids is 1. The number of aromatic nitrogens is 4. The predicted molar refractivity (Wildman–Crippen MR) is 125 cm³/mol. The first-order valence-electron chi connectivity index (χ1n) is 10.5. The minimum atomic E-state index is -3.48. The molecule has 1 fully saturated rings. The second-order valence-corrected chi connectivity index (χ2v) is 10.4. The van der Waals surface area contributed by atoms with E-state index in [9.17, 15) is 13.2 Å². The monoisotopic (exact) mass is 474 g/mol. The van der Waals surface area contributed by atoms with Gasteiger partial charge >= 0.3 is 0 Å². The van der Waals surface area contributed by atoms with Gasteiger partial charge in [0.05, 0.1) is 28.8 Å². The molecule has 3 heterocycles. The van der Waals surface area contributed by atoms with Gasteiger partial charge in [0, 0.05) is 26.1 Å². The van der Waals surface area contributed by atoms with Crippen LogP contribution in [0.4, 0.5) is 5.82 Å². The number of benzene rings is 1. The molecule has 9 nitrogen and oxygen atoms in total. The Labute approximate surface area is 191 Å². The molecule has 1 amide bonds. The predicted octanol–water partition coefficient (Wildman–Crippen LogP) is 2.13. The molecule has 0 saturated carbocycles. The SMILES string of the molecule is CSc1nc(N2CCCC2)c2cnn(CCNC(=O)CCS(=O)(=O)c3ccccc3)c2n1. The highest BCUT2D eigenvalue weighted by atomic mass is 32.2. The first-order valence-corrected chi connectivity index (χ1v) is 13.4. The van der Waals surface area contributed by atoms with Crippen LogP contribution >= 0.6 is 11.8 Å². The van der Waals surface area contributed by atoms with E-state index >= 15 is 0 Å². The first kappa shape index (κ1) is 22.5. The summed E-state index contributed by atoms with van der Waals surface area (Å²) in [5.74, 6) is 0.383. The molecule has 32 heavy (non-hydrogen) atoms. The Morgan fingerprint density at radius 2 is 1.91 bits per heavy atom. The normalized spacial score (nSPS) is 14.2. The number of carbonyl (C=O) groups is 1. The zero-order chi connectivity index (χ0) is 22.6. The van der Waals surface area contributed by atoms with Crippen molar-refractivity contribution in [2.45, 2.75) is 35.9 Å². The van der Waals surface area contributed by atoms with Gasteiger partial charge in [-0.1, -0.05) is 30.0 Å². The molecule has 0 spiro atoms. The van der Waals surface area contributed by atoms with Crippen LogP contribution in [-0.4, -0.2) is 65.7 Å². The van der Waals surface area contributed by atoms with Crippen molar-refractivity contribution in [2.24, 2.45) is 0 Å². The van der Waals surface area contributed by atoms with Crippen LogP contribution in [0.15, 0.2) is 46.6 Å². The van der Waals surface area contributed by atoms with E-state index in [1.54, 1.807) is 29.1 Å².